The monoisotopic (exact) mass is 549 g/mol. The lowest BCUT2D eigenvalue weighted by molar-refractivity contribution is -0.139. The van der Waals surface area contributed by atoms with Crippen molar-refractivity contribution in [3.63, 3.8) is 0 Å². The van der Waals surface area contributed by atoms with Gasteiger partial charge in [0.15, 0.2) is 6.17 Å². The van der Waals surface area contributed by atoms with Crippen LogP contribution in [0.3, 0.4) is 0 Å². The fraction of sp³-hybridized carbons (Fsp3) is 0.538. The highest BCUT2D eigenvalue weighted by molar-refractivity contribution is 5.99. The van der Waals surface area contributed by atoms with Crippen molar-refractivity contribution >= 4 is 28.2 Å². The molecule has 2 fully saturated rings. The van der Waals surface area contributed by atoms with Crippen molar-refractivity contribution in [3.8, 4) is 11.5 Å². The molecule has 0 radical (unpaired) electrons. The molecule has 2 aliphatic rings. The van der Waals surface area contributed by atoms with Crippen LogP contribution in [0.15, 0.2) is 33.8 Å². The largest absolute Gasteiger partial charge is 0.406 e. The second kappa shape index (κ2) is 10.7. The van der Waals surface area contributed by atoms with E-state index in [9.17, 15) is 22.4 Å². The first-order chi connectivity index (χ1) is 18.5. The molecule has 13 heteroatoms. The summed E-state index contributed by atoms with van der Waals surface area (Å²) in [7, 11) is 5.73. The van der Waals surface area contributed by atoms with E-state index in [1.54, 1.807) is 18.2 Å². The van der Waals surface area contributed by atoms with E-state index in [-0.39, 0.29) is 47.8 Å². The average molecular weight is 550 g/mol. The van der Waals surface area contributed by atoms with Gasteiger partial charge in [0.25, 0.3) is 0 Å². The van der Waals surface area contributed by atoms with E-state index in [4.69, 9.17) is 4.52 Å². The molecule has 1 saturated carbocycles. The number of fused-ring (bicyclic) bond motifs is 1. The lowest BCUT2D eigenvalue weighted by Crippen LogP contribution is -2.39. The van der Waals surface area contributed by atoms with Gasteiger partial charge in [0.1, 0.15) is 6.54 Å². The van der Waals surface area contributed by atoms with Crippen molar-refractivity contribution in [2.75, 3.05) is 40.8 Å². The molecule has 2 aromatic heterocycles. The topological polar surface area (TPSA) is 91.8 Å². The van der Waals surface area contributed by atoms with Gasteiger partial charge in [-0.3, -0.25) is 9.79 Å². The number of benzene rings is 1. The molecule has 1 saturated heterocycles. The molecule has 3 aromatic rings. The number of likely N-dealkylation sites (tertiary alicyclic amines) is 1. The molecular formula is C26H31F4N7O2. The van der Waals surface area contributed by atoms with Gasteiger partial charge in [0, 0.05) is 37.4 Å². The minimum atomic E-state index is -4.52. The second-order valence-corrected chi connectivity index (χ2v) is 10.6. The fourth-order valence-electron chi connectivity index (χ4n) is 5.08. The zero-order valence-corrected chi connectivity index (χ0v) is 22.0. The quantitative estimate of drug-likeness (QED) is 0.430. The molecule has 1 amide bonds. The predicted molar refractivity (Wildman–Crippen MR) is 137 cm³/mol. The highest BCUT2D eigenvalue weighted by atomic mass is 19.4. The third-order valence-corrected chi connectivity index (χ3v) is 7.08. The molecule has 3 atom stereocenters. The van der Waals surface area contributed by atoms with Crippen molar-refractivity contribution in [2.45, 2.75) is 38.3 Å². The summed E-state index contributed by atoms with van der Waals surface area (Å²) in [4.78, 5) is 25.1. The van der Waals surface area contributed by atoms with Crippen LogP contribution in [0.2, 0.25) is 0 Å². The molecule has 1 N–H and O–H groups in total. The number of carbonyl (C=O) groups is 1. The molecule has 9 nitrogen and oxygen atoms in total. The van der Waals surface area contributed by atoms with E-state index >= 15 is 0 Å². The van der Waals surface area contributed by atoms with Gasteiger partial charge in [0.2, 0.25) is 17.6 Å². The first kappa shape index (κ1) is 27.3. The number of hydrogen-bond donors (Lipinski definition) is 1. The predicted octanol–water partition coefficient (Wildman–Crippen LogP) is 3.81. The lowest BCUT2D eigenvalue weighted by Gasteiger charge is -2.26. The number of alkyl halides is 4. The smallest absolute Gasteiger partial charge is 0.347 e. The summed E-state index contributed by atoms with van der Waals surface area (Å²) >= 11 is 0. The number of hydrogen-bond acceptors (Lipinski definition) is 7. The molecule has 0 unspecified atom stereocenters. The van der Waals surface area contributed by atoms with E-state index in [0.717, 1.165) is 17.5 Å². The number of halogens is 4. The Morgan fingerprint density at radius 2 is 2.10 bits per heavy atom. The normalized spacial score (nSPS) is 23.2. The highest BCUT2D eigenvalue weighted by Crippen LogP contribution is 2.39. The highest BCUT2D eigenvalue weighted by Gasteiger charge is 2.42. The van der Waals surface area contributed by atoms with Crippen molar-refractivity contribution in [1.82, 2.24) is 29.8 Å². The van der Waals surface area contributed by atoms with Crippen molar-refractivity contribution in [2.24, 2.45) is 16.8 Å². The molecule has 39 heavy (non-hydrogen) atoms. The summed E-state index contributed by atoms with van der Waals surface area (Å²) in [5.41, 5.74) is 1.11. The van der Waals surface area contributed by atoms with E-state index in [1.165, 1.54) is 6.07 Å². The molecule has 0 bridgehead atoms. The SMILES string of the molecule is CN(C)C[C@@H]1C[C@H]1C(=O)NCc1nc(-c2cc3c(/N=C4\CCN(C)C[C@@H]4F)cccc3n2CC(F)(F)F)no1. The van der Waals surface area contributed by atoms with Gasteiger partial charge >= 0.3 is 6.18 Å². The molecule has 0 spiro atoms. The van der Waals surface area contributed by atoms with Crippen molar-refractivity contribution in [3.05, 3.63) is 30.2 Å². The summed E-state index contributed by atoms with van der Waals surface area (Å²) in [6, 6.07) is 6.32. The number of rotatable bonds is 8. The number of carbonyl (C=O) groups excluding carboxylic acids is 1. The maximum Gasteiger partial charge on any atom is 0.406 e. The van der Waals surface area contributed by atoms with Crippen LogP contribution in [0.4, 0.5) is 23.2 Å². The summed E-state index contributed by atoms with van der Waals surface area (Å²) in [6.45, 7) is 0.381. The number of aromatic nitrogens is 3. The van der Waals surface area contributed by atoms with E-state index in [1.807, 2.05) is 30.9 Å². The minimum Gasteiger partial charge on any atom is -0.347 e. The van der Waals surface area contributed by atoms with Crippen LogP contribution in [0.1, 0.15) is 18.7 Å². The Hall–Kier alpha value is -3.32. The summed E-state index contributed by atoms with van der Waals surface area (Å²) in [5.74, 6) is 0.155. The van der Waals surface area contributed by atoms with Gasteiger partial charge in [0.05, 0.1) is 29.2 Å². The Morgan fingerprint density at radius 1 is 1.31 bits per heavy atom. The van der Waals surface area contributed by atoms with Crippen molar-refractivity contribution in [1.29, 1.82) is 0 Å². The summed E-state index contributed by atoms with van der Waals surface area (Å²) < 4.78 is 61.7. The molecule has 3 heterocycles. The Labute approximate surface area is 222 Å². The molecular weight excluding hydrogens is 518 g/mol. The van der Waals surface area contributed by atoms with Gasteiger partial charge in [-0.25, -0.2) is 4.39 Å². The Kier molecular flexibility index (Phi) is 7.47. The first-order valence-electron chi connectivity index (χ1n) is 12.8. The van der Waals surface area contributed by atoms with Crippen LogP contribution >= 0.6 is 0 Å². The number of nitrogens with one attached hydrogen (secondary N) is 1. The Morgan fingerprint density at radius 3 is 2.82 bits per heavy atom. The molecule has 210 valence electrons. The standard InChI is InChI=1S/C26H31F4N7O2/c1-35(2)12-15-9-16(15)25(38)31-11-23-33-24(34-39-23)22-10-17-19(32-20-7-8-36(3)13-18(20)27)5-4-6-21(17)37(22)14-26(28,29)30/h4-6,10,15-16,18H,7-9,11-14H2,1-3H3,(H,31,38)/b32-20+/t15-,16+,18-/m0/s1. The van der Waals surface area contributed by atoms with Gasteiger partial charge in [-0.2, -0.15) is 18.2 Å². The Bertz CT molecular complexity index is 1380. The number of aliphatic imine (C=N–C) groups is 1. The van der Waals surface area contributed by atoms with Crippen LogP contribution in [0, 0.1) is 11.8 Å². The van der Waals surface area contributed by atoms with Crippen LogP contribution in [-0.2, 0) is 17.9 Å². The number of amides is 1. The maximum absolute atomic E-state index is 14.6. The third kappa shape index (κ3) is 6.30. The third-order valence-electron chi connectivity index (χ3n) is 7.08. The molecule has 5 rings (SSSR count). The van der Waals surface area contributed by atoms with Crippen LogP contribution in [-0.4, -0.2) is 89.3 Å². The zero-order chi connectivity index (χ0) is 27.9. The molecule has 1 aromatic carbocycles. The van der Waals surface area contributed by atoms with Gasteiger partial charge in [-0.15, -0.1) is 0 Å². The maximum atomic E-state index is 14.6. The minimum absolute atomic E-state index is 0.0260. The number of piperidine rings is 1. The number of nitrogens with zero attached hydrogens (tertiary/aromatic N) is 6. The van der Waals surface area contributed by atoms with Crippen LogP contribution < -0.4 is 5.32 Å². The van der Waals surface area contributed by atoms with E-state index in [0.29, 0.717) is 35.7 Å². The van der Waals surface area contributed by atoms with Crippen molar-refractivity contribution < 1.29 is 26.9 Å². The van der Waals surface area contributed by atoms with Crippen LogP contribution in [0.25, 0.3) is 22.4 Å². The average Bonchev–Trinajstić information content (AvgIpc) is 3.28. The fourth-order valence-corrected chi connectivity index (χ4v) is 5.08. The van der Waals surface area contributed by atoms with Gasteiger partial charge in [-0.05, 0) is 51.7 Å². The van der Waals surface area contributed by atoms with E-state index < -0.39 is 18.9 Å². The van der Waals surface area contributed by atoms with Crippen LogP contribution in [0.5, 0.6) is 0 Å². The van der Waals surface area contributed by atoms with Gasteiger partial charge in [-0.1, -0.05) is 11.2 Å². The Balaban J connectivity index is 1.41. The first-order valence-corrected chi connectivity index (χ1v) is 12.8. The lowest BCUT2D eigenvalue weighted by atomic mass is 10.1. The summed E-state index contributed by atoms with van der Waals surface area (Å²) in [6.07, 6.45) is -4.53. The second-order valence-electron chi connectivity index (χ2n) is 10.6. The molecule has 1 aliphatic heterocycles. The molecule has 1 aliphatic carbocycles. The van der Waals surface area contributed by atoms with Gasteiger partial charge < -0.3 is 24.2 Å². The zero-order valence-electron chi connectivity index (χ0n) is 22.0. The van der Waals surface area contributed by atoms with E-state index in [2.05, 4.69) is 20.4 Å². The summed E-state index contributed by atoms with van der Waals surface area (Å²) in [5, 5.41) is 7.10.